The first-order chi connectivity index (χ1) is 15.0. The number of benzene rings is 3. The van der Waals surface area contributed by atoms with Gasteiger partial charge in [-0.05, 0) is 53.9 Å². The van der Waals surface area contributed by atoms with Gasteiger partial charge in [-0.25, -0.2) is 5.43 Å². The van der Waals surface area contributed by atoms with Crippen molar-refractivity contribution in [2.24, 2.45) is 5.10 Å². The van der Waals surface area contributed by atoms with Crippen LogP contribution in [0.3, 0.4) is 0 Å². The molecule has 0 aromatic heterocycles. The Morgan fingerprint density at radius 2 is 1.77 bits per heavy atom. The van der Waals surface area contributed by atoms with Gasteiger partial charge in [-0.15, -0.1) is 0 Å². The number of fused-ring (bicyclic) bond motifs is 1. The van der Waals surface area contributed by atoms with Gasteiger partial charge in [0.2, 0.25) is 0 Å². The number of hydrogen-bond donors (Lipinski definition) is 2. The monoisotopic (exact) mass is 419 g/mol. The number of ether oxygens (including phenoxy) is 2. The summed E-state index contributed by atoms with van der Waals surface area (Å²) in [5.41, 5.74) is 3.96. The van der Waals surface area contributed by atoms with E-state index in [4.69, 9.17) is 9.47 Å². The fraction of sp³-hybridized carbons (Fsp3) is 0.208. The maximum Gasteiger partial charge on any atom is 0.329 e. The van der Waals surface area contributed by atoms with Gasteiger partial charge in [0.05, 0.1) is 13.3 Å². The van der Waals surface area contributed by atoms with Crippen molar-refractivity contribution in [1.29, 1.82) is 0 Å². The van der Waals surface area contributed by atoms with Gasteiger partial charge >= 0.3 is 11.8 Å². The molecule has 0 atom stereocenters. The molecule has 0 saturated heterocycles. The number of nitrogens with one attached hydrogen (secondary N) is 2. The number of carbonyl (C=O) groups is 2. The standard InChI is InChI=1S/C24H25N3O4/c1-16(2)26-23(28)24(29)27-25-14-17-11-12-21(22(13-17)30-3)31-15-19-9-6-8-18-7-4-5-10-20(18)19/h4-14,16H,15H2,1-3H3,(H,26,28)(H,27,29)/b25-14-. The zero-order valence-electron chi connectivity index (χ0n) is 17.7. The molecular formula is C24H25N3O4. The summed E-state index contributed by atoms with van der Waals surface area (Å²) in [6.07, 6.45) is 1.43. The third-order valence-electron chi connectivity index (χ3n) is 4.46. The molecule has 2 N–H and O–H groups in total. The molecule has 0 heterocycles. The van der Waals surface area contributed by atoms with Crippen molar-refractivity contribution in [1.82, 2.24) is 10.7 Å². The van der Waals surface area contributed by atoms with Crippen molar-refractivity contribution in [3.05, 3.63) is 71.8 Å². The second kappa shape index (κ2) is 10.2. The average Bonchev–Trinajstić information content (AvgIpc) is 2.77. The molecule has 7 heteroatoms. The lowest BCUT2D eigenvalue weighted by Gasteiger charge is -2.12. The van der Waals surface area contributed by atoms with E-state index in [1.54, 1.807) is 39.2 Å². The summed E-state index contributed by atoms with van der Waals surface area (Å²) < 4.78 is 11.4. The first-order valence-electron chi connectivity index (χ1n) is 9.89. The highest BCUT2D eigenvalue weighted by Crippen LogP contribution is 2.29. The summed E-state index contributed by atoms with van der Waals surface area (Å²) >= 11 is 0. The van der Waals surface area contributed by atoms with Crippen molar-refractivity contribution in [3.63, 3.8) is 0 Å². The van der Waals surface area contributed by atoms with E-state index in [0.29, 0.717) is 23.7 Å². The van der Waals surface area contributed by atoms with Crippen LogP contribution in [0.2, 0.25) is 0 Å². The normalized spacial score (nSPS) is 11.0. The van der Waals surface area contributed by atoms with Crippen LogP contribution in [0, 0.1) is 0 Å². The van der Waals surface area contributed by atoms with Crippen LogP contribution in [0.5, 0.6) is 11.5 Å². The van der Waals surface area contributed by atoms with Crippen LogP contribution < -0.4 is 20.2 Å². The van der Waals surface area contributed by atoms with Gasteiger partial charge in [0.25, 0.3) is 0 Å². The van der Waals surface area contributed by atoms with Crippen LogP contribution in [0.4, 0.5) is 0 Å². The number of hydrogen-bond acceptors (Lipinski definition) is 5. The minimum absolute atomic E-state index is 0.132. The average molecular weight is 419 g/mol. The van der Waals surface area contributed by atoms with E-state index in [9.17, 15) is 9.59 Å². The molecule has 160 valence electrons. The summed E-state index contributed by atoms with van der Waals surface area (Å²) in [4.78, 5) is 23.3. The summed E-state index contributed by atoms with van der Waals surface area (Å²) in [6.45, 7) is 3.93. The van der Waals surface area contributed by atoms with E-state index < -0.39 is 11.8 Å². The number of rotatable bonds is 7. The number of carbonyl (C=O) groups excluding carboxylic acids is 2. The Labute approximate surface area is 181 Å². The van der Waals surface area contributed by atoms with Crippen molar-refractivity contribution in [2.45, 2.75) is 26.5 Å². The zero-order chi connectivity index (χ0) is 22.2. The molecule has 0 aliphatic heterocycles. The fourth-order valence-corrected chi connectivity index (χ4v) is 3.00. The maximum absolute atomic E-state index is 11.7. The lowest BCUT2D eigenvalue weighted by atomic mass is 10.1. The van der Waals surface area contributed by atoms with Gasteiger partial charge in [-0.3, -0.25) is 9.59 Å². The Balaban J connectivity index is 1.66. The Morgan fingerprint density at radius 3 is 2.55 bits per heavy atom. The van der Waals surface area contributed by atoms with Gasteiger partial charge in [-0.1, -0.05) is 42.5 Å². The van der Waals surface area contributed by atoms with Gasteiger partial charge in [0.15, 0.2) is 11.5 Å². The lowest BCUT2D eigenvalue weighted by Crippen LogP contribution is -2.41. The summed E-state index contributed by atoms with van der Waals surface area (Å²) in [6, 6.07) is 19.4. The van der Waals surface area contributed by atoms with Gasteiger partial charge in [0.1, 0.15) is 6.61 Å². The number of nitrogens with zero attached hydrogens (tertiary/aromatic N) is 1. The summed E-state index contributed by atoms with van der Waals surface area (Å²) in [7, 11) is 1.55. The van der Waals surface area contributed by atoms with Crippen LogP contribution >= 0.6 is 0 Å². The molecule has 3 aromatic rings. The second-order valence-electron chi connectivity index (χ2n) is 7.16. The first kappa shape index (κ1) is 21.8. The molecular weight excluding hydrogens is 394 g/mol. The molecule has 0 unspecified atom stereocenters. The van der Waals surface area contributed by atoms with E-state index >= 15 is 0 Å². The van der Waals surface area contributed by atoms with Crippen LogP contribution in [-0.4, -0.2) is 31.2 Å². The molecule has 0 fully saturated rings. The molecule has 31 heavy (non-hydrogen) atoms. The predicted molar refractivity (Wildman–Crippen MR) is 120 cm³/mol. The van der Waals surface area contributed by atoms with Gasteiger partial charge in [-0.2, -0.15) is 5.10 Å². The predicted octanol–water partition coefficient (Wildman–Crippen LogP) is 3.40. The number of amides is 2. The van der Waals surface area contributed by atoms with E-state index in [2.05, 4.69) is 34.0 Å². The largest absolute Gasteiger partial charge is 0.493 e. The molecule has 3 rings (SSSR count). The van der Waals surface area contributed by atoms with E-state index in [1.807, 2.05) is 24.3 Å². The molecule has 2 amide bonds. The Kier molecular flexibility index (Phi) is 7.22. The molecule has 3 aromatic carbocycles. The zero-order valence-corrected chi connectivity index (χ0v) is 17.7. The Bertz CT molecular complexity index is 1100. The van der Waals surface area contributed by atoms with Crippen LogP contribution in [0.25, 0.3) is 10.8 Å². The van der Waals surface area contributed by atoms with E-state index in [0.717, 1.165) is 16.3 Å². The smallest absolute Gasteiger partial charge is 0.329 e. The highest BCUT2D eigenvalue weighted by atomic mass is 16.5. The quantitative estimate of drug-likeness (QED) is 0.349. The first-order valence-corrected chi connectivity index (χ1v) is 9.89. The molecule has 0 spiro atoms. The van der Waals surface area contributed by atoms with Crippen molar-refractivity contribution < 1.29 is 19.1 Å². The third kappa shape index (κ3) is 5.82. The third-order valence-corrected chi connectivity index (χ3v) is 4.46. The van der Waals surface area contributed by atoms with E-state index in [1.165, 1.54) is 6.21 Å². The van der Waals surface area contributed by atoms with Crippen LogP contribution in [0.15, 0.2) is 65.8 Å². The molecule has 0 bridgehead atoms. The number of hydrazone groups is 1. The minimum Gasteiger partial charge on any atom is -0.493 e. The Hall–Kier alpha value is -3.87. The maximum atomic E-state index is 11.7. The van der Waals surface area contributed by atoms with Gasteiger partial charge < -0.3 is 14.8 Å². The fourth-order valence-electron chi connectivity index (χ4n) is 3.00. The summed E-state index contributed by atoms with van der Waals surface area (Å²) in [5.74, 6) is -0.435. The minimum atomic E-state index is -0.827. The topological polar surface area (TPSA) is 89.0 Å². The van der Waals surface area contributed by atoms with Crippen molar-refractivity contribution >= 4 is 28.8 Å². The van der Waals surface area contributed by atoms with E-state index in [-0.39, 0.29) is 6.04 Å². The molecule has 0 aliphatic rings. The molecule has 7 nitrogen and oxygen atoms in total. The SMILES string of the molecule is COc1cc(/C=N\NC(=O)C(=O)NC(C)C)ccc1OCc1cccc2ccccc12. The molecule has 0 saturated carbocycles. The molecule has 0 radical (unpaired) electrons. The van der Waals surface area contributed by atoms with Gasteiger partial charge in [0, 0.05) is 6.04 Å². The van der Waals surface area contributed by atoms with Crippen LogP contribution in [0.1, 0.15) is 25.0 Å². The number of methoxy groups -OCH3 is 1. The van der Waals surface area contributed by atoms with Crippen molar-refractivity contribution in [2.75, 3.05) is 7.11 Å². The second-order valence-corrected chi connectivity index (χ2v) is 7.16. The highest BCUT2D eigenvalue weighted by molar-refractivity contribution is 6.35. The Morgan fingerprint density at radius 1 is 1.00 bits per heavy atom. The lowest BCUT2D eigenvalue weighted by molar-refractivity contribution is -0.139. The highest BCUT2D eigenvalue weighted by Gasteiger charge is 2.13. The van der Waals surface area contributed by atoms with Crippen molar-refractivity contribution in [3.8, 4) is 11.5 Å². The molecule has 0 aliphatic carbocycles. The van der Waals surface area contributed by atoms with Crippen LogP contribution in [-0.2, 0) is 16.2 Å². The summed E-state index contributed by atoms with van der Waals surface area (Å²) in [5, 5.41) is 8.62.